The van der Waals surface area contributed by atoms with Gasteiger partial charge in [0.1, 0.15) is 5.82 Å². The molecule has 1 heterocycles. The third kappa shape index (κ3) is 3.21. The van der Waals surface area contributed by atoms with Crippen LogP contribution in [0.5, 0.6) is 0 Å². The minimum absolute atomic E-state index is 0.601. The second-order valence-electron chi connectivity index (χ2n) is 5.23. The van der Waals surface area contributed by atoms with Gasteiger partial charge < -0.3 is 5.32 Å². The molecule has 2 nitrogen and oxygen atoms in total. The van der Waals surface area contributed by atoms with Crippen LogP contribution in [0, 0.1) is 12.8 Å². The molecular formula is C15H24N2. The Bertz CT molecular complexity index is 343. The highest BCUT2D eigenvalue weighted by Crippen LogP contribution is 2.29. The molecule has 1 aromatic rings. The van der Waals surface area contributed by atoms with Crippen LogP contribution in [-0.4, -0.2) is 11.0 Å². The highest BCUT2D eigenvalue weighted by Gasteiger charge is 2.22. The van der Waals surface area contributed by atoms with E-state index in [9.17, 15) is 0 Å². The zero-order chi connectivity index (χ0) is 12.1. The van der Waals surface area contributed by atoms with E-state index in [0.29, 0.717) is 6.04 Å². The summed E-state index contributed by atoms with van der Waals surface area (Å²) >= 11 is 0. The molecular weight excluding hydrogens is 208 g/mol. The summed E-state index contributed by atoms with van der Waals surface area (Å²) in [5, 5.41) is 3.66. The molecule has 0 aliphatic heterocycles. The second kappa shape index (κ2) is 6.04. The average molecular weight is 232 g/mol. The first-order valence-corrected chi connectivity index (χ1v) is 6.99. The lowest BCUT2D eigenvalue weighted by molar-refractivity contribution is 0.312. The molecule has 2 rings (SSSR count). The van der Waals surface area contributed by atoms with Crippen molar-refractivity contribution in [3.63, 3.8) is 0 Å². The van der Waals surface area contributed by atoms with E-state index >= 15 is 0 Å². The van der Waals surface area contributed by atoms with Crippen molar-refractivity contribution in [2.24, 2.45) is 5.92 Å². The molecule has 2 heteroatoms. The van der Waals surface area contributed by atoms with Crippen molar-refractivity contribution in [1.29, 1.82) is 0 Å². The Morgan fingerprint density at radius 3 is 2.76 bits per heavy atom. The average Bonchev–Trinajstić information content (AvgIpc) is 2.39. The molecule has 1 aliphatic carbocycles. The van der Waals surface area contributed by atoms with Crippen LogP contribution in [0.1, 0.15) is 51.0 Å². The number of pyridine rings is 1. The maximum Gasteiger partial charge on any atom is 0.129 e. The largest absolute Gasteiger partial charge is 0.367 e. The fourth-order valence-electron chi connectivity index (χ4n) is 2.90. The highest BCUT2D eigenvalue weighted by atomic mass is 15.0. The van der Waals surface area contributed by atoms with Crippen molar-refractivity contribution >= 4 is 5.82 Å². The number of hydrogen-bond acceptors (Lipinski definition) is 2. The summed E-state index contributed by atoms with van der Waals surface area (Å²) in [6.45, 7) is 4.41. The number of nitrogens with zero attached hydrogens (tertiary/aromatic N) is 1. The molecule has 1 aromatic heterocycles. The van der Waals surface area contributed by atoms with Gasteiger partial charge in [-0.1, -0.05) is 32.3 Å². The quantitative estimate of drug-likeness (QED) is 0.843. The number of hydrogen-bond donors (Lipinski definition) is 1. The van der Waals surface area contributed by atoms with Gasteiger partial charge in [0, 0.05) is 12.2 Å². The third-order valence-corrected chi connectivity index (χ3v) is 3.99. The minimum Gasteiger partial charge on any atom is -0.367 e. The Kier molecular flexibility index (Phi) is 4.41. The van der Waals surface area contributed by atoms with E-state index in [4.69, 9.17) is 0 Å². The maximum absolute atomic E-state index is 4.45. The summed E-state index contributed by atoms with van der Waals surface area (Å²) in [6.07, 6.45) is 10.1. The summed E-state index contributed by atoms with van der Waals surface area (Å²) in [7, 11) is 0. The van der Waals surface area contributed by atoms with Gasteiger partial charge in [-0.3, -0.25) is 0 Å². The molecule has 1 saturated carbocycles. The van der Waals surface area contributed by atoms with Gasteiger partial charge in [-0.15, -0.1) is 0 Å². The van der Waals surface area contributed by atoms with Crippen LogP contribution in [0.4, 0.5) is 5.82 Å². The molecule has 1 atom stereocenters. The van der Waals surface area contributed by atoms with Gasteiger partial charge in [0.05, 0.1) is 0 Å². The van der Waals surface area contributed by atoms with Crippen LogP contribution in [-0.2, 0) is 0 Å². The van der Waals surface area contributed by atoms with Gasteiger partial charge in [0.15, 0.2) is 0 Å². The highest BCUT2D eigenvalue weighted by molar-refractivity contribution is 5.43. The van der Waals surface area contributed by atoms with Crippen LogP contribution in [0.15, 0.2) is 18.3 Å². The van der Waals surface area contributed by atoms with Gasteiger partial charge in [0.2, 0.25) is 0 Å². The first-order chi connectivity index (χ1) is 8.31. The Hall–Kier alpha value is -1.05. The molecule has 94 valence electrons. The normalized spacial score (nSPS) is 18.9. The molecule has 0 radical (unpaired) electrons. The number of aromatic nitrogens is 1. The topological polar surface area (TPSA) is 24.9 Å². The fraction of sp³-hybridized carbons (Fsp3) is 0.667. The fourth-order valence-corrected chi connectivity index (χ4v) is 2.90. The number of nitrogens with one attached hydrogen (secondary N) is 1. The first kappa shape index (κ1) is 12.4. The Morgan fingerprint density at radius 2 is 2.12 bits per heavy atom. The molecule has 0 aromatic carbocycles. The van der Waals surface area contributed by atoms with Gasteiger partial charge in [-0.2, -0.15) is 0 Å². The lowest BCUT2D eigenvalue weighted by Gasteiger charge is -2.31. The zero-order valence-corrected chi connectivity index (χ0v) is 11.1. The molecule has 0 spiro atoms. The maximum atomic E-state index is 4.45. The lowest BCUT2D eigenvalue weighted by atomic mass is 9.83. The van der Waals surface area contributed by atoms with Crippen molar-refractivity contribution in [1.82, 2.24) is 4.98 Å². The predicted molar refractivity (Wildman–Crippen MR) is 73.3 cm³/mol. The van der Waals surface area contributed by atoms with E-state index < -0.39 is 0 Å². The standard InChI is InChI=1S/C15H24N2/c1-3-14(13-9-5-4-6-10-13)17-15-12(2)8-7-11-16-15/h7-8,11,13-14H,3-6,9-10H2,1-2H3,(H,16,17). The van der Waals surface area contributed by atoms with Gasteiger partial charge in [-0.25, -0.2) is 4.98 Å². The van der Waals surface area contributed by atoms with E-state index in [2.05, 4.69) is 30.2 Å². The van der Waals surface area contributed by atoms with Crippen molar-refractivity contribution < 1.29 is 0 Å². The monoisotopic (exact) mass is 232 g/mol. The van der Waals surface area contributed by atoms with Crippen molar-refractivity contribution in [2.75, 3.05) is 5.32 Å². The van der Waals surface area contributed by atoms with E-state index in [1.807, 2.05) is 12.3 Å². The number of aryl methyl sites for hydroxylation is 1. The van der Waals surface area contributed by atoms with Crippen LogP contribution < -0.4 is 5.32 Å². The van der Waals surface area contributed by atoms with E-state index in [-0.39, 0.29) is 0 Å². The molecule has 1 unspecified atom stereocenters. The summed E-state index contributed by atoms with van der Waals surface area (Å²) < 4.78 is 0. The molecule has 0 saturated heterocycles. The van der Waals surface area contributed by atoms with E-state index in [1.165, 1.54) is 44.1 Å². The zero-order valence-electron chi connectivity index (χ0n) is 11.1. The van der Waals surface area contributed by atoms with Crippen molar-refractivity contribution in [2.45, 2.75) is 58.4 Å². The third-order valence-electron chi connectivity index (χ3n) is 3.99. The molecule has 0 bridgehead atoms. The Labute approximate surface area is 105 Å². The van der Waals surface area contributed by atoms with Gasteiger partial charge in [0.25, 0.3) is 0 Å². The molecule has 1 fully saturated rings. The van der Waals surface area contributed by atoms with Crippen molar-refractivity contribution in [3.8, 4) is 0 Å². The number of rotatable bonds is 4. The predicted octanol–water partition coefficient (Wildman–Crippen LogP) is 4.16. The molecule has 17 heavy (non-hydrogen) atoms. The molecule has 1 aliphatic rings. The molecule has 1 N–H and O–H groups in total. The van der Waals surface area contributed by atoms with Crippen LogP contribution >= 0.6 is 0 Å². The van der Waals surface area contributed by atoms with Crippen LogP contribution in [0.3, 0.4) is 0 Å². The summed E-state index contributed by atoms with van der Waals surface area (Å²) in [5.41, 5.74) is 1.25. The summed E-state index contributed by atoms with van der Waals surface area (Å²) in [6, 6.07) is 4.73. The number of anilines is 1. The van der Waals surface area contributed by atoms with E-state index in [0.717, 1.165) is 11.7 Å². The van der Waals surface area contributed by atoms with Crippen LogP contribution in [0.2, 0.25) is 0 Å². The lowest BCUT2D eigenvalue weighted by Crippen LogP contribution is -2.30. The second-order valence-corrected chi connectivity index (χ2v) is 5.23. The SMILES string of the molecule is CCC(Nc1ncccc1C)C1CCCCC1. The van der Waals surface area contributed by atoms with Crippen molar-refractivity contribution in [3.05, 3.63) is 23.9 Å². The van der Waals surface area contributed by atoms with Gasteiger partial charge >= 0.3 is 0 Å². The molecule has 0 amide bonds. The summed E-state index contributed by atoms with van der Waals surface area (Å²) in [4.78, 5) is 4.45. The van der Waals surface area contributed by atoms with Gasteiger partial charge in [-0.05, 0) is 43.7 Å². The van der Waals surface area contributed by atoms with E-state index in [1.54, 1.807) is 0 Å². The Morgan fingerprint density at radius 1 is 1.35 bits per heavy atom. The van der Waals surface area contributed by atoms with Crippen LogP contribution in [0.25, 0.3) is 0 Å². The minimum atomic E-state index is 0.601. The summed E-state index contributed by atoms with van der Waals surface area (Å²) in [5.74, 6) is 1.92. The first-order valence-electron chi connectivity index (χ1n) is 6.99. The smallest absolute Gasteiger partial charge is 0.129 e. The Balaban J connectivity index is 2.01.